The van der Waals surface area contributed by atoms with E-state index in [9.17, 15) is 5.26 Å². The molecular formula is C14H16N2O. The SMILES string of the molecule is N#CC12COCC1CN(Cc1ccccc1)C2. The first-order valence-corrected chi connectivity index (χ1v) is 6.08. The Balaban J connectivity index is 1.71. The smallest absolute Gasteiger partial charge is 0.0995 e. The molecule has 0 amide bonds. The Morgan fingerprint density at radius 1 is 1.41 bits per heavy atom. The van der Waals surface area contributed by atoms with Crippen molar-refractivity contribution >= 4 is 0 Å². The van der Waals surface area contributed by atoms with Crippen LogP contribution in [0.1, 0.15) is 5.56 Å². The van der Waals surface area contributed by atoms with Gasteiger partial charge in [0.25, 0.3) is 0 Å². The summed E-state index contributed by atoms with van der Waals surface area (Å²) in [5.74, 6) is 0.399. The lowest BCUT2D eigenvalue weighted by Gasteiger charge is -2.19. The molecule has 2 heterocycles. The molecule has 88 valence electrons. The van der Waals surface area contributed by atoms with Crippen LogP contribution in [0.15, 0.2) is 30.3 Å². The summed E-state index contributed by atoms with van der Waals surface area (Å²) in [5.41, 5.74) is 1.08. The van der Waals surface area contributed by atoms with Crippen LogP contribution in [-0.4, -0.2) is 31.2 Å². The van der Waals surface area contributed by atoms with E-state index in [0.29, 0.717) is 12.5 Å². The third kappa shape index (κ3) is 1.84. The van der Waals surface area contributed by atoms with Crippen LogP contribution in [-0.2, 0) is 11.3 Å². The molecule has 2 fully saturated rings. The summed E-state index contributed by atoms with van der Waals surface area (Å²) in [5, 5.41) is 9.35. The zero-order valence-corrected chi connectivity index (χ0v) is 9.80. The Hall–Kier alpha value is -1.37. The Morgan fingerprint density at radius 2 is 2.24 bits per heavy atom. The van der Waals surface area contributed by atoms with Crippen LogP contribution in [0.2, 0.25) is 0 Å². The van der Waals surface area contributed by atoms with E-state index in [2.05, 4.69) is 35.2 Å². The van der Waals surface area contributed by atoms with Gasteiger partial charge in [-0.15, -0.1) is 0 Å². The molecule has 3 heteroatoms. The van der Waals surface area contributed by atoms with Gasteiger partial charge in [0.15, 0.2) is 0 Å². The van der Waals surface area contributed by atoms with Crippen LogP contribution in [0.25, 0.3) is 0 Å². The van der Waals surface area contributed by atoms with Gasteiger partial charge in [0, 0.05) is 25.6 Å². The van der Waals surface area contributed by atoms with Crippen LogP contribution >= 0.6 is 0 Å². The summed E-state index contributed by atoms with van der Waals surface area (Å²) < 4.78 is 5.46. The monoisotopic (exact) mass is 228 g/mol. The molecule has 0 saturated carbocycles. The van der Waals surface area contributed by atoms with E-state index in [-0.39, 0.29) is 5.41 Å². The molecule has 0 spiro atoms. The standard InChI is InChI=1S/C14H16N2O/c15-9-14-10-16(7-13(14)8-17-11-14)6-12-4-2-1-3-5-12/h1-5,13H,6-8,10-11H2. The lowest BCUT2D eigenvalue weighted by atomic mass is 9.83. The summed E-state index contributed by atoms with van der Waals surface area (Å²) in [4.78, 5) is 2.38. The number of rotatable bonds is 2. The number of fused-ring (bicyclic) bond motifs is 1. The molecule has 17 heavy (non-hydrogen) atoms. The number of benzene rings is 1. The lowest BCUT2D eigenvalue weighted by molar-refractivity contribution is 0.142. The molecule has 0 bridgehead atoms. The van der Waals surface area contributed by atoms with Crippen LogP contribution < -0.4 is 0 Å². The van der Waals surface area contributed by atoms with Crippen molar-refractivity contribution < 1.29 is 4.74 Å². The third-order valence-corrected chi connectivity index (χ3v) is 3.92. The Morgan fingerprint density at radius 3 is 2.94 bits per heavy atom. The van der Waals surface area contributed by atoms with Gasteiger partial charge in [0.05, 0.1) is 24.7 Å². The van der Waals surface area contributed by atoms with Gasteiger partial charge in [-0.3, -0.25) is 4.90 Å². The van der Waals surface area contributed by atoms with Crippen molar-refractivity contribution in [3.8, 4) is 6.07 Å². The second-order valence-corrected chi connectivity index (χ2v) is 5.14. The molecule has 2 aliphatic heterocycles. The molecule has 2 unspecified atom stereocenters. The van der Waals surface area contributed by atoms with Crippen LogP contribution in [0.5, 0.6) is 0 Å². The Kier molecular flexibility index (Phi) is 2.62. The molecule has 0 aromatic heterocycles. The summed E-state index contributed by atoms with van der Waals surface area (Å²) in [6.45, 7) is 4.14. The van der Waals surface area contributed by atoms with Crippen molar-refractivity contribution in [2.75, 3.05) is 26.3 Å². The molecule has 3 nitrogen and oxygen atoms in total. The summed E-state index contributed by atoms with van der Waals surface area (Å²) in [7, 11) is 0. The molecule has 0 aliphatic carbocycles. The normalized spacial score (nSPS) is 32.3. The molecule has 2 aliphatic rings. The van der Waals surface area contributed by atoms with Gasteiger partial charge >= 0.3 is 0 Å². The third-order valence-electron chi connectivity index (χ3n) is 3.92. The maximum absolute atomic E-state index is 9.35. The molecule has 2 saturated heterocycles. The minimum atomic E-state index is -0.241. The van der Waals surface area contributed by atoms with Crippen molar-refractivity contribution in [2.45, 2.75) is 6.54 Å². The summed E-state index contributed by atoms with van der Waals surface area (Å²) in [6.07, 6.45) is 0. The van der Waals surface area contributed by atoms with E-state index in [1.807, 2.05) is 6.07 Å². The van der Waals surface area contributed by atoms with Crippen LogP contribution in [0.3, 0.4) is 0 Å². The van der Waals surface area contributed by atoms with Crippen molar-refractivity contribution in [3.05, 3.63) is 35.9 Å². The molecule has 3 rings (SSSR count). The average Bonchev–Trinajstić information content (AvgIpc) is 2.87. The Bertz CT molecular complexity index is 439. The maximum Gasteiger partial charge on any atom is 0.0995 e. The number of likely N-dealkylation sites (tertiary alicyclic amines) is 1. The summed E-state index contributed by atoms with van der Waals surface area (Å²) >= 11 is 0. The highest BCUT2D eigenvalue weighted by atomic mass is 16.5. The average molecular weight is 228 g/mol. The van der Waals surface area contributed by atoms with Gasteiger partial charge in [0.1, 0.15) is 0 Å². The predicted octanol–water partition coefficient (Wildman–Crippen LogP) is 1.66. The van der Waals surface area contributed by atoms with Gasteiger partial charge < -0.3 is 4.74 Å². The van der Waals surface area contributed by atoms with Gasteiger partial charge in [-0.1, -0.05) is 30.3 Å². The fourth-order valence-corrected chi connectivity index (χ4v) is 2.96. The van der Waals surface area contributed by atoms with Crippen molar-refractivity contribution in [1.29, 1.82) is 5.26 Å². The largest absolute Gasteiger partial charge is 0.379 e. The van der Waals surface area contributed by atoms with Crippen molar-refractivity contribution in [1.82, 2.24) is 4.90 Å². The van der Waals surface area contributed by atoms with Gasteiger partial charge in [-0.2, -0.15) is 5.26 Å². The second-order valence-electron chi connectivity index (χ2n) is 5.14. The molecule has 1 aromatic rings. The predicted molar refractivity (Wildman–Crippen MR) is 64.1 cm³/mol. The quantitative estimate of drug-likeness (QED) is 0.772. The minimum Gasteiger partial charge on any atom is -0.379 e. The molecule has 1 aromatic carbocycles. The van der Waals surface area contributed by atoms with Gasteiger partial charge in [-0.05, 0) is 5.56 Å². The van der Waals surface area contributed by atoms with Gasteiger partial charge in [-0.25, -0.2) is 0 Å². The fraction of sp³-hybridized carbons (Fsp3) is 0.500. The first kappa shape index (κ1) is 10.8. The fourth-order valence-electron chi connectivity index (χ4n) is 2.96. The summed E-state index contributed by atoms with van der Waals surface area (Å²) in [6, 6.07) is 12.9. The molecule has 2 atom stereocenters. The molecular weight excluding hydrogens is 212 g/mol. The first-order chi connectivity index (χ1) is 8.32. The van der Waals surface area contributed by atoms with Crippen molar-refractivity contribution in [3.63, 3.8) is 0 Å². The highest BCUT2D eigenvalue weighted by molar-refractivity contribution is 5.17. The van der Waals surface area contributed by atoms with E-state index in [1.165, 1.54) is 5.56 Å². The second kappa shape index (κ2) is 4.14. The topological polar surface area (TPSA) is 36.3 Å². The maximum atomic E-state index is 9.35. The Labute approximate surface area is 102 Å². The van der Waals surface area contributed by atoms with E-state index in [1.54, 1.807) is 0 Å². The first-order valence-electron chi connectivity index (χ1n) is 6.08. The van der Waals surface area contributed by atoms with Gasteiger partial charge in [0.2, 0.25) is 0 Å². The van der Waals surface area contributed by atoms with Crippen LogP contribution in [0.4, 0.5) is 0 Å². The van der Waals surface area contributed by atoms with E-state index in [4.69, 9.17) is 4.74 Å². The van der Waals surface area contributed by atoms with Crippen LogP contribution in [0, 0.1) is 22.7 Å². The number of nitriles is 1. The zero-order valence-electron chi connectivity index (χ0n) is 9.80. The number of hydrogen-bond donors (Lipinski definition) is 0. The highest BCUT2D eigenvalue weighted by Gasteiger charge is 2.50. The van der Waals surface area contributed by atoms with E-state index < -0.39 is 0 Å². The molecule has 0 radical (unpaired) electrons. The van der Waals surface area contributed by atoms with E-state index >= 15 is 0 Å². The lowest BCUT2D eigenvalue weighted by Crippen LogP contribution is -2.28. The van der Waals surface area contributed by atoms with Crippen molar-refractivity contribution in [2.24, 2.45) is 11.3 Å². The number of hydrogen-bond acceptors (Lipinski definition) is 3. The number of nitrogens with zero attached hydrogens (tertiary/aromatic N) is 2. The highest BCUT2D eigenvalue weighted by Crippen LogP contribution is 2.40. The minimum absolute atomic E-state index is 0.241. The van der Waals surface area contributed by atoms with E-state index in [0.717, 1.165) is 26.2 Å². The molecule has 0 N–H and O–H groups in total. The zero-order chi connectivity index (χ0) is 11.7. The number of ether oxygens (including phenoxy) is 1.